The molecule has 0 saturated heterocycles. The zero-order chi connectivity index (χ0) is 20.0. The molecule has 0 unspecified atom stereocenters. The molecule has 146 valence electrons. The molecule has 0 spiro atoms. The number of sulfonamides is 1. The molecule has 0 radical (unpaired) electrons. The van der Waals surface area contributed by atoms with Crippen molar-refractivity contribution in [3.63, 3.8) is 0 Å². The highest BCUT2D eigenvalue weighted by Crippen LogP contribution is 2.27. The first-order valence-corrected chi connectivity index (χ1v) is 9.75. The summed E-state index contributed by atoms with van der Waals surface area (Å²) in [4.78, 5) is 12.4. The second kappa shape index (κ2) is 8.88. The number of ether oxygens (including phenoxy) is 2. The van der Waals surface area contributed by atoms with Crippen LogP contribution in [-0.4, -0.2) is 53.5 Å². The molecular formula is C19H24N2O5S. The minimum atomic E-state index is -3.51. The van der Waals surface area contributed by atoms with Gasteiger partial charge < -0.3 is 14.8 Å². The van der Waals surface area contributed by atoms with E-state index in [1.54, 1.807) is 14.2 Å². The maximum Gasteiger partial charge on any atom is 0.251 e. The summed E-state index contributed by atoms with van der Waals surface area (Å²) in [5.41, 5.74) is 1.40. The molecule has 0 atom stereocenters. The van der Waals surface area contributed by atoms with Crippen molar-refractivity contribution in [3.05, 3.63) is 53.6 Å². The average molecular weight is 392 g/mol. The molecule has 2 rings (SSSR count). The minimum Gasteiger partial charge on any atom is -0.493 e. The summed E-state index contributed by atoms with van der Waals surface area (Å²) >= 11 is 0. The number of carbonyl (C=O) groups excluding carboxylic acids is 1. The standard InChI is InChI=1S/C19H24N2O5S/c1-21(2)27(23,24)16-8-6-15(7-9-16)19(22)20-12-11-14-5-10-17(25-3)18(13-14)26-4/h5-10,13H,11-12H2,1-4H3,(H,20,22). The fraction of sp³-hybridized carbons (Fsp3) is 0.316. The van der Waals surface area contributed by atoms with Crippen LogP contribution in [0.4, 0.5) is 0 Å². The van der Waals surface area contributed by atoms with Crippen LogP contribution in [0.5, 0.6) is 11.5 Å². The molecule has 0 bridgehead atoms. The Morgan fingerprint density at radius 3 is 2.19 bits per heavy atom. The van der Waals surface area contributed by atoms with Crippen LogP contribution in [0.2, 0.25) is 0 Å². The molecule has 0 aromatic heterocycles. The minimum absolute atomic E-state index is 0.148. The number of methoxy groups -OCH3 is 2. The molecule has 0 fully saturated rings. The molecule has 2 aromatic rings. The third-order valence-corrected chi connectivity index (χ3v) is 5.87. The van der Waals surface area contributed by atoms with Gasteiger partial charge in [-0.25, -0.2) is 12.7 Å². The van der Waals surface area contributed by atoms with Crippen LogP contribution in [-0.2, 0) is 16.4 Å². The van der Waals surface area contributed by atoms with Crippen molar-refractivity contribution in [2.75, 3.05) is 34.9 Å². The average Bonchev–Trinajstić information content (AvgIpc) is 2.67. The Morgan fingerprint density at radius 2 is 1.63 bits per heavy atom. The van der Waals surface area contributed by atoms with Crippen molar-refractivity contribution < 1.29 is 22.7 Å². The largest absolute Gasteiger partial charge is 0.493 e. The first-order chi connectivity index (χ1) is 12.8. The van der Waals surface area contributed by atoms with Crippen LogP contribution in [0.15, 0.2) is 47.4 Å². The molecule has 7 nitrogen and oxygen atoms in total. The third-order valence-electron chi connectivity index (χ3n) is 4.04. The summed E-state index contributed by atoms with van der Waals surface area (Å²) in [6, 6.07) is 11.5. The van der Waals surface area contributed by atoms with Gasteiger partial charge in [0.2, 0.25) is 10.0 Å². The lowest BCUT2D eigenvalue weighted by molar-refractivity contribution is 0.0954. The van der Waals surface area contributed by atoms with Crippen molar-refractivity contribution >= 4 is 15.9 Å². The summed E-state index contributed by atoms with van der Waals surface area (Å²) in [7, 11) is 2.57. The molecule has 1 N–H and O–H groups in total. The fourth-order valence-electron chi connectivity index (χ4n) is 2.45. The first-order valence-electron chi connectivity index (χ1n) is 8.31. The van der Waals surface area contributed by atoms with Crippen LogP contribution >= 0.6 is 0 Å². The van der Waals surface area contributed by atoms with E-state index in [-0.39, 0.29) is 10.8 Å². The van der Waals surface area contributed by atoms with E-state index in [0.29, 0.717) is 30.0 Å². The second-order valence-corrected chi connectivity index (χ2v) is 8.16. The Labute approximate surface area is 160 Å². The molecule has 2 aromatic carbocycles. The van der Waals surface area contributed by atoms with Gasteiger partial charge in [-0.3, -0.25) is 4.79 Å². The topological polar surface area (TPSA) is 84.9 Å². The number of hydrogen-bond donors (Lipinski definition) is 1. The SMILES string of the molecule is COc1ccc(CCNC(=O)c2ccc(S(=O)(=O)N(C)C)cc2)cc1OC. The highest BCUT2D eigenvalue weighted by Gasteiger charge is 2.17. The highest BCUT2D eigenvalue weighted by atomic mass is 32.2. The third kappa shape index (κ3) is 4.99. The molecule has 0 saturated carbocycles. The lowest BCUT2D eigenvalue weighted by Gasteiger charge is -2.12. The van der Waals surface area contributed by atoms with Crippen molar-refractivity contribution in [3.8, 4) is 11.5 Å². The summed E-state index contributed by atoms with van der Waals surface area (Å²) < 4.78 is 35.7. The van der Waals surface area contributed by atoms with Crippen LogP contribution in [0.25, 0.3) is 0 Å². The monoisotopic (exact) mass is 392 g/mol. The van der Waals surface area contributed by atoms with E-state index in [4.69, 9.17) is 9.47 Å². The van der Waals surface area contributed by atoms with Crippen molar-refractivity contribution in [2.24, 2.45) is 0 Å². The van der Waals surface area contributed by atoms with Crippen LogP contribution in [0.3, 0.4) is 0 Å². The quantitative estimate of drug-likeness (QED) is 0.742. The Balaban J connectivity index is 1.96. The predicted octanol–water partition coefficient (Wildman–Crippen LogP) is 1.93. The van der Waals surface area contributed by atoms with Gasteiger partial charge in [0.05, 0.1) is 19.1 Å². The fourth-order valence-corrected chi connectivity index (χ4v) is 3.35. The normalized spacial score (nSPS) is 11.3. The van der Waals surface area contributed by atoms with Gasteiger partial charge in [-0.05, 0) is 48.4 Å². The number of nitrogens with zero attached hydrogens (tertiary/aromatic N) is 1. The summed E-state index contributed by atoms with van der Waals surface area (Å²) in [5.74, 6) is 1.03. The Bertz CT molecular complexity index is 893. The van der Waals surface area contributed by atoms with E-state index in [9.17, 15) is 13.2 Å². The lowest BCUT2D eigenvalue weighted by atomic mass is 10.1. The molecule has 0 aliphatic rings. The van der Waals surface area contributed by atoms with E-state index in [1.165, 1.54) is 38.4 Å². The molecule has 0 heterocycles. The number of carbonyl (C=O) groups is 1. The van der Waals surface area contributed by atoms with Gasteiger partial charge in [0, 0.05) is 26.2 Å². The lowest BCUT2D eigenvalue weighted by Crippen LogP contribution is -2.26. The van der Waals surface area contributed by atoms with Crippen molar-refractivity contribution in [1.29, 1.82) is 0 Å². The van der Waals surface area contributed by atoms with Gasteiger partial charge in [0.1, 0.15) is 0 Å². The van der Waals surface area contributed by atoms with Gasteiger partial charge in [0.25, 0.3) is 5.91 Å². The number of hydrogen-bond acceptors (Lipinski definition) is 5. The Hall–Kier alpha value is -2.58. The van der Waals surface area contributed by atoms with E-state index in [1.807, 2.05) is 18.2 Å². The second-order valence-electron chi connectivity index (χ2n) is 6.01. The Morgan fingerprint density at radius 1 is 1.00 bits per heavy atom. The van der Waals surface area contributed by atoms with Gasteiger partial charge in [-0.1, -0.05) is 6.07 Å². The smallest absolute Gasteiger partial charge is 0.251 e. The van der Waals surface area contributed by atoms with Gasteiger partial charge in [-0.2, -0.15) is 0 Å². The molecule has 0 aliphatic heterocycles. The Kier molecular flexibility index (Phi) is 6.81. The molecular weight excluding hydrogens is 368 g/mol. The van der Waals surface area contributed by atoms with Gasteiger partial charge in [-0.15, -0.1) is 0 Å². The molecule has 1 amide bonds. The zero-order valence-corrected chi connectivity index (χ0v) is 16.7. The number of benzene rings is 2. The van der Waals surface area contributed by atoms with Crippen LogP contribution in [0.1, 0.15) is 15.9 Å². The number of nitrogens with one attached hydrogen (secondary N) is 1. The van der Waals surface area contributed by atoms with Crippen LogP contribution < -0.4 is 14.8 Å². The summed E-state index contributed by atoms with van der Waals surface area (Å²) in [6.07, 6.45) is 0.624. The van der Waals surface area contributed by atoms with Gasteiger partial charge in [0.15, 0.2) is 11.5 Å². The molecule has 0 aliphatic carbocycles. The maximum absolute atomic E-state index is 12.2. The van der Waals surface area contributed by atoms with E-state index in [0.717, 1.165) is 9.87 Å². The van der Waals surface area contributed by atoms with Crippen molar-refractivity contribution in [1.82, 2.24) is 9.62 Å². The number of amides is 1. The predicted molar refractivity (Wildman–Crippen MR) is 103 cm³/mol. The first kappa shape index (κ1) is 20.7. The van der Waals surface area contributed by atoms with Crippen LogP contribution in [0, 0.1) is 0 Å². The molecule has 27 heavy (non-hydrogen) atoms. The molecule has 8 heteroatoms. The zero-order valence-electron chi connectivity index (χ0n) is 15.9. The maximum atomic E-state index is 12.2. The van der Waals surface area contributed by atoms with E-state index >= 15 is 0 Å². The van der Waals surface area contributed by atoms with E-state index < -0.39 is 10.0 Å². The van der Waals surface area contributed by atoms with Crippen molar-refractivity contribution in [2.45, 2.75) is 11.3 Å². The highest BCUT2D eigenvalue weighted by molar-refractivity contribution is 7.89. The van der Waals surface area contributed by atoms with E-state index in [2.05, 4.69) is 5.32 Å². The van der Waals surface area contributed by atoms with Gasteiger partial charge >= 0.3 is 0 Å². The summed E-state index contributed by atoms with van der Waals surface area (Å²) in [6.45, 7) is 0.437. The summed E-state index contributed by atoms with van der Waals surface area (Å²) in [5, 5.41) is 2.82. The number of rotatable bonds is 8.